The van der Waals surface area contributed by atoms with Gasteiger partial charge in [-0.1, -0.05) is 6.42 Å². The number of nitrogens with one attached hydrogen (secondary N) is 1. The standard InChI is InChI=1S/C12H24N2O3/c1-3-16-10(17-4-2)8-14-11(15)12(9-13)6-5-7-12/h10H,3-9,13H2,1-2H3,(H,14,15). The molecule has 0 unspecified atom stereocenters. The van der Waals surface area contributed by atoms with Gasteiger partial charge in [0, 0.05) is 19.8 Å². The van der Waals surface area contributed by atoms with Gasteiger partial charge >= 0.3 is 0 Å². The number of carbonyl (C=O) groups excluding carboxylic acids is 1. The van der Waals surface area contributed by atoms with Gasteiger partial charge in [0.1, 0.15) is 0 Å². The smallest absolute Gasteiger partial charge is 0.227 e. The second-order valence-electron chi connectivity index (χ2n) is 4.39. The Labute approximate surface area is 103 Å². The summed E-state index contributed by atoms with van der Waals surface area (Å²) in [7, 11) is 0. The van der Waals surface area contributed by atoms with E-state index in [2.05, 4.69) is 5.32 Å². The van der Waals surface area contributed by atoms with Crippen molar-refractivity contribution in [3.05, 3.63) is 0 Å². The van der Waals surface area contributed by atoms with E-state index in [1.807, 2.05) is 13.8 Å². The Morgan fingerprint density at radius 2 is 1.94 bits per heavy atom. The molecule has 0 bridgehead atoms. The summed E-state index contributed by atoms with van der Waals surface area (Å²) in [6.07, 6.45) is 2.51. The highest BCUT2D eigenvalue weighted by atomic mass is 16.7. The Hall–Kier alpha value is -0.650. The van der Waals surface area contributed by atoms with E-state index in [-0.39, 0.29) is 17.6 Å². The third-order valence-electron chi connectivity index (χ3n) is 3.32. The molecule has 5 heteroatoms. The Kier molecular flexibility index (Phi) is 5.88. The number of amides is 1. The molecule has 1 saturated carbocycles. The van der Waals surface area contributed by atoms with Gasteiger partial charge in [-0.3, -0.25) is 4.79 Å². The van der Waals surface area contributed by atoms with Crippen LogP contribution in [0.15, 0.2) is 0 Å². The van der Waals surface area contributed by atoms with Gasteiger partial charge < -0.3 is 20.5 Å². The van der Waals surface area contributed by atoms with E-state index < -0.39 is 0 Å². The van der Waals surface area contributed by atoms with Gasteiger partial charge in [-0.05, 0) is 26.7 Å². The fourth-order valence-corrected chi connectivity index (χ4v) is 2.03. The predicted molar refractivity (Wildman–Crippen MR) is 65.4 cm³/mol. The first kappa shape index (κ1) is 14.4. The van der Waals surface area contributed by atoms with Gasteiger partial charge in [0.15, 0.2) is 6.29 Å². The lowest BCUT2D eigenvalue weighted by Gasteiger charge is -2.39. The van der Waals surface area contributed by atoms with Crippen LogP contribution in [0.5, 0.6) is 0 Å². The summed E-state index contributed by atoms with van der Waals surface area (Å²) in [4.78, 5) is 12.0. The van der Waals surface area contributed by atoms with Crippen molar-refractivity contribution in [1.82, 2.24) is 5.32 Å². The molecule has 100 valence electrons. The normalized spacial score (nSPS) is 17.9. The Morgan fingerprint density at radius 3 is 2.29 bits per heavy atom. The van der Waals surface area contributed by atoms with E-state index in [1.165, 1.54) is 0 Å². The van der Waals surface area contributed by atoms with E-state index in [9.17, 15) is 4.79 Å². The molecule has 1 rings (SSSR count). The molecule has 1 amide bonds. The third kappa shape index (κ3) is 3.66. The summed E-state index contributed by atoms with van der Waals surface area (Å²) in [5, 5.41) is 2.88. The van der Waals surface area contributed by atoms with Crippen LogP contribution in [0.2, 0.25) is 0 Å². The molecule has 0 aromatic carbocycles. The number of hydrogen-bond acceptors (Lipinski definition) is 4. The van der Waals surface area contributed by atoms with Crippen molar-refractivity contribution < 1.29 is 14.3 Å². The minimum Gasteiger partial charge on any atom is -0.351 e. The SMILES string of the molecule is CCOC(CNC(=O)C1(CN)CCC1)OCC. The zero-order chi connectivity index (χ0) is 12.7. The van der Waals surface area contributed by atoms with Crippen LogP contribution in [-0.4, -0.2) is 38.5 Å². The Bertz CT molecular complexity index is 230. The molecule has 0 spiro atoms. The maximum Gasteiger partial charge on any atom is 0.227 e. The maximum absolute atomic E-state index is 12.0. The first-order valence-electron chi connectivity index (χ1n) is 6.40. The second kappa shape index (κ2) is 6.93. The van der Waals surface area contributed by atoms with Gasteiger partial charge in [-0.2, -0.15) is 0 Å². The number of rotatable bonds is 8. The van der Waals surface area contributed by atoms with Crippen molar-refractivity contribution >= 4 is 5.91 Å². The largest absolute Gasteiger partial charge is 0.351 e. The lowest BCUT2D eigenvalue weighted by molar-refractivity contribution is -0.147. The number of nitrogens with two attached hydrogens (primary N) is 1. The van der Waals surface area contributed by atoms with Gasteiger partial charge in [-0.25, -0.2) is 0 Å². The maximum atomic E-state index is 12.0. The zero-order valence-corrected chi connectivity index (χ0v) is 10.8. The quantitative estimate of drug-likeness (QED) is 0.614. The van der Waals surface area contributed by atoms with Crippen LogP contribution in [0.1, 0.15) is 33.1 Å². The molecular formula is C12H24N2O3. The summed E-state index contributed by atoms with van der Waals surface area (Å²) in [5.74, 6) is 0.0376. The summed E-state index contributed by atoms with van der Waals surface area (Å²) in [6, 6.07) is 0. The van der Waals surface area contributed by atoms with E-state index in [4.69, 9.17) is 15.2 Å². The molecule has 17 heavy (non-hydrogen) atoms. The topological polar surface area (TPSA) is 73.6 Å². The molecule has 0 saturated heterocycles. The van der Waals surface area contributed by atoms with Gasteiger partial charge in [0.25, 0.3) is 0 Å². The first-order valence-corrected chi connectivity index (χ1v) is 6.40. The molecule has 3 N–H and O–H groups in total. The fourth-order valence-electron chi connectivity index (χ4n) is 2.03. The Morgan fingerprint density at radius 1 is 1.35 bits per heavy atom. The molecule has 0 heterocycles. The van der Waals surface area contributed by atoms with E-state index >= 15 is 0 Å². The van der Waals surface area contributed by atoms with Crippen molar-refractivity contribution in [2.24, 2.45) is 11.1 Å². The average Bonchev–Trinajstić information content (AvgIpc) is 2.26. The monoisotopic (exact) mass is 244 g/mol. The first-order chi connectivity index (χ1) is 8.18. The highest BCUT2D eigenvalue weighted by Gasteiger charge is 2.42. The molecule has 1 aliphatic carbocycles. The van der Waals surface area contributed by atoms with Crippen molar-refractivity contribution in [2.75, 3.05) is 26.3 Å². The second-order valence-corrected chi connectivity index (χ2v) is 4.39. The van der Waals surface area contributed by atoms with E-state index in [0.29, 0.717) is 26.3 Å². The van der Waals surface area contributed by atoms with Crippen LogP contribution in [0.4, 0.5) is 0 Å². The molecule has 0 aromatic rings. The minimum atomic E-state index is -0.358. The highest BCUT2D eigenvalue weighted by Crippen LogP contribution is 2.39. The summed E-state index contributed by atoms with van der Waals surface area (Å²) >= 11 is 0. The molecular weight excluding hydrogens is 220 g/mol. The molecule has 5 nitrogen and oxygen atoms in total. The zero-order valence-electron chi connectivity index (χ0n) is 10.8. The van der Waals surface area contributed by atoms with Crippen LogP contribution < -0.4 is 11.1 Å². The number of carbonyl (C=O) groups is 1. The summed E-state index contributed by atoms with van der Waals surface area (Å²) in [6.45, 7) is 5.77. The van der Waals surface area contributed by atoms with Crippen LogP contribution in [0.3, 0.4) is 0 Å². The number of hydrogen-bond donors (Lipinski definition) is 2. The van der Waals surface area contributed by atoms with Crippen LogP contribution in [0, 0.1) is 5.41 Å². The molecule has 0 aliphatic heterocycles. The Balaban J connectivity index is 2.34. The third-order valence-corrected chi connectivity index (χ3v) is 3.32. The molecule has 0 aromatic heterocycles. The van der Waals surface area contributed by atoms with Gasteiger partial charge in [0.05, 0.1) is 12.0 Å². The van der Waals surface area contributed by atoms with E-state index in [1.54, 1.807) is 0 Å². The van der Waals surface area contributed by atoms with E-state index in [0.717, 1.165) is 19.3 Å². The summed E-state index contributed by atoms with van der Waals surface area (Å²) in [5.41, 5.74) is 5.34. The van der Waals surface area contributed by atoms with Crippen molar-refractivity contribution in [2.45, 2.75) is 39.4 Å². The van der Waals surface area contributed by atoms with Crippen molar-refractivity contribution in [3.8, 4) is 0 Å². The lowest BCUT2D eigenvalue weighted by Crippen LogP contribution is -2.52. The molecule has 1 aliphatic rings. The van der Waals surface area contributed by atoms with Gasteiger partial charge in [-0.15, -0.1) is 0 Å². The minimum absolute atomic E-state index is 0.0376. The van der Waals surface area contributed by atoms with Crippen LogP contribution in [0.25, 0.3) is 0 Å². The van der Waals surface area contributed by atoms with Crippen molar-refractivity contribution in [1.29, 1.82) is 0 Å². The average molecular weight is 244 g/mol. The van der Waals surface area contributed by atoms with Crippen LogP contribution in [-0.2, 0) is 14.3 Å². The van der Waals surface area contributed by atoms with Crippen molar-refractivity contribution in [3.63, 3.8) is 0 Å². The van der Waals surface area contributed by atoms with Crippen LogP contribution >= 0.6 is 0 Å². The fraction of sp³-hybridized carbons (Fsp3) is 0.917. The summed E-state index contributed by atoms with van der Waals surface area (Å²) < 4.78 is 10.7. The molecule has 0 radical (unpaired) electrons. The molecule has 1 fully saturated rings. The number of ether oxygens (including phenoxy) is 2. The molecule has 0 atom stereocenters. The highest BCUT2D eigenvalue weighted by molar-refractivity contribution is 5.83. The predicted octanol–water partition coefficient (Wildman–Crippen LogP) is 0.631. The lowest BCUT2D eigenvalue weighted by atomic mass is 9.68. The van der Waals surface area contributed by atoms with Gasteiger partial charge in [0.2, 0.25) is 5.91 Å².